The molecular formula is C14H14BrN3. The Morgan fingerprint density at radius 2 is 2.00 bits per heavy atom. The van der Waals surface area contributed by atoms with Gasteiger partial charge < -0.3 is 4.90 Å². The predicted molar refractivity (Wildman–Crippen MR) is 75.7 cm³/mol. The lowest BCUT2D eigenvalue weighted by Crippen LogP contribution is -2.20. The quantitative estimate of drug-likeness (QED) is 0.798. The van der Waals surface area contributed by atoms with Crippen LogP contribution in [0.4, 0.5) is 5.82 Å². The molecule has 1 aromatic heterocycles. The van der Waals surface area contributed by atoms with E-state index in [-0.39, 0.29) is 0 Å². The van der Waals surface area contributed by atoms with Crippen LogP contribution in [0, 0.1) is 0 Å². The number of anilines is 1. The van der Waals surface area contributed by atoms with Crippen LogP contribution < -0.4 is 4.90 Å². The predicted octanol–water partition coefficient (Wildman–Crippen LogP) is 3.23. The highest BCUT2D eigenvalue weighted by Crippen LogP contribution is 2.30. The Bertz CT molecular complexity index is 530. The average molecular weight is 304 g/mol. The van der Waals surface area contributed by atoms with E-state index in [2.05, 4.69) is 61.1 Å². The SMILES string of the molecule is Brc1cc(N2CCC(c3ccccc3)C2)ncn1. The lowest BCUT2D eigenvalue weighted by molar-refractivity contribution is 0.774. The summed E-state index contributed by atoms with van der Waals surface area (Å²) < 4.78 is 0.843. The van der Waals surface area contributed by atoms with E-state index in [1.165, 1.54) is 12.0 Å². The van der Waals surface area contributed by atoms with Crippen molar-refractivity contribution in [3.05, 3.63) is 52.9 Å². The standard InChI is InChI=1S/C14H14BrN3/c15-13-8-14(17-10-16-13)18-7-6-12(9-18)11-4-2-1-3-5-11/h1-5,8,10,12H,6-7,9H2. The van der Waals surface area contributed by atoms with E-state index in [1.54, 1.807) is 6.33 Å². The average Bonchev–Trinajstić information content (AvgIpc) is 2.89. The molecule has 92 valence electrons. The molecule has 1 fully saturated rings. The first kappa shape index (κ1) is 11.7. The molecule has 0 aliphatic carbocycles. The zero-order valence-electron chi connectivity index (χ0n) is 9.96. The van der Waals surface area contributed by atoms with Gasteiger partial charge in [-0.15, -0.1) is 0 Å². The summed E-state index contributed by atoms with van der Waals surface area (Å²) in [7, 11) is 0. The minimum absolute atomic E-state index is 0.611. The van der Waals surface area contributed by atoms with Crippen molar-refractivity contribution in [3.63, 3.8) is 0 Å². The third kappa shape index (κ3) is 2.38. The first-order chi connectivity index (χ1) is 8.83. The molecule has 3 nitrogen and oxygen atoms in total. The van der Waals surface area contributed by atoms with Gasteiger partial charge in [-0.05, 0) is 27.9 Å². The summed E-state index contributed by atoms with van der Waals surface area (Å²) in [6.45, 7) is 2.09. The topological polar surface area (TPSA) is 29.0 Å². The molecule has 0 radical (unpaired) electrons. The van der Waals surface area contributed by atoms with E-state index in [1.807, 2.05) is 6.07 Å². The second kappa shape index (κ2) is 5.06. The van der Waals surface area contributed by atoms with E-state index in [4.69, 9.17) is 0 Å². The van der Waals surface area contributed by atoms with Crippen LogP contribution >= 0.6 is 15.9 Å². The normalized spacial score (nSPS) is 19.2. The summed E-state index contributed by atoms with van der Waals surface area (Å²) in [6, 6.07) is 12.7. The van der Waals surface area contributed by atoms with Crippen molar-refractivity contribution in [2.24, 2.45) is 0 Å². The van der Waals surface area contributed by atoms with Crippen LogP contribution in [-0.2, 0) is 0 Å². The van der Waals surface area contributed by atoms with Gasteiger partial charge in [-0.3, -0.25) is 0 Å². The summed E-state index contributed by atoms with van der Waals surface area (Å²) in [6.07, 6.45) is 2.79. The highest BCUT2D eigenvalue weighted by molar-refractivity contribution is 9.10. The Hall–Kier alpha value is -1.42. The van der Waals surface area contributed by atoms with Crippen LogP contribution in [0.5, 0.6) is 0 Å². The second-order valence-electron chi connectivity index (χ2n) is 4.54. The van der Waals surface area contributed by atoms with Gasteiger partial charge in [0.05, 0.1) is 0 Å². The van der Waals surface area contributed by atoms with Crippen molar-refractivity contribution < 1.29 is 0 Å². The number of halogens is 1. The Morgan fingerprint density at radius 3 is 2.78 bits per heavy atom. The maximum absolute atomic E-state index is 4.33. The fourth-order valence-electron chi connectivity index (χ4n) is 2.46. The zero-order valence-corrected chi connectivity index (χ0v) is 11.5. The molecule has 3 rings (SSSR count). The van der Waals surface area contributed by atoms with E-state index >= 15 is 0 Å². The van der Waals surface area contributed by atoms with E-state index in [0.717, 1.165) is 23.5 Å². The molecule has 2 aromatic rings. The molecule has 1 atom stereocenters. The Labute approximate surface area is 115 Å². The second-order valence-corrected chi connectivity index (χ2v) is 5.35. The highest BCUT2D eigenvalue weighted by Gasteiger charge is 2.24. The Kier molecular flexibility index (Phi) is 3.28. The molecule has 0 N–H and O–H groups in total. The monoisotopic (exact) mass is 303 g/mol. The molecule has 1 aliphatic rings. The lowest BCUT2D eigenvalue weighted by atomic mass is 9.99. The fourth-order valence-corrected chi connectivity index (χ4v) is 2.76. The van der Waals surface area contributed by atoms with Gasteiger partial charge in [0.1, 0.15) is 16.7 Å². The number of nitrogens with zero attached hydrogens (tertiary/aromatic N) is 3. The van der Waals surface area contributed by atoms with E-state index in [9.17, 15) is 0 Å². The zero-order chi connectivity index (χ0) is 12.4. The molecule has 4 heteroatoms. The number of rotatable bonds is 2. The van der Waals surface area contributed by atoms with Crippen LogP contribution in [-0.4, -0.2) is 23.1 Å². The first-order valence-corrected chi connectivity index (χ1v) is 6.89. The van der Waals surface area contributed by atoms with Gasteiger partial charge in [-0.25, -0.2) is 9.97 Å². The van der Waals surface area contributed by atoms with Gasteiger partial charge in [0.2, 0.25) is 0 Å². The smallest absolute Gasteiger partial charge is 0.133 e. The number of benzene rings is 1. The third-order valence-electron chi connectivity index (χ3n) is 3.40. The molecule has 0 spiro atoms. The summed E-state index contributed by atoms with van der Waals surface area (Å²) in [5.41, 5.74) is 1.42. The summed E-state index contributed by atoms with van der Waals surface area (Å²) in [4.78, 5) is 10.7. The van der Waals surface area contributed by atoms with Crippen molar-refractivity contribution in [2.45, 2.75) is 12.3 Å². The molecular weight excluding hydrogens is 290 g/mol. The van der Waals surface area contributed by atoms with Gasteiger partial charge >= 0.3 is 0 Å². The van der Waals surface area contributed by atoms with Crippen LogP contribution in [0.25, 0.3) is 0 Å². The maximum atomic E-state index is 4.33. The van der Waals surface area contributed by atoms with Crippen molar-refractivity contribution in [2.75, 3.05) is 18.0 Å². The van der Waals surface area contributed by atoms with Gasteiger partial charge in [0.25, 0.3) is 0 Å². The fraction of sp³-hybridized carbons (Fsp3) is 0.286. The summed E-state index contributed by atoms with van der Waals surface area (Å²) in [5.74, 6) is 1.62. The number of aromatic nitrogens is 2. The minimum Gasteiger partial charge on any atom is -0.356 e. The number of hydrogen-bond donors (Lipinski definition) is 0. The molecule has 1 aromatic carbocycles. The molecule has 0 saturated carbocycles. The largest absolute Gasteiger partial charge is 0.356 e. The molecule has 0 bridgehead atoms. The van der Waals surface area contributed by atoms with Crippen molar-refractivity contribution in [1.82, 2.24) is 9.97 Å². The molecule has 1 aliphatic heterocycles. The minimum atomic E-state index is 0.611. The lowest BCUT2D eigenvalue weighted by Gasteiger charge is -2.17. The van der Waals surface area contributed by atoms with E-state index < -0.39 is 0 Å². The molecule has 18 heavy (non-hydrogen) atoms. The molecule has 1 unspecified atom stereocenters. The molecule has 2 heterocycles. The molecule has 1 saturated heterocycles. The number of hydrogen-bond acceptors (Lipinski definition) is 3. The Morgan fingerprint density at radius 1 is 1.17 bits per heavy atom. The van der Waals surface area contributed by atoms with Crippen LogP contribution in [0.15, 0.2) is 47.3 Å². The Balaban J connectivity index is 1.76. The highest BCUT2D eigenvalue weighted by atomic mass is 79.9. The summed E-state index contributed by atoms with van der Waals surface area (Å²) in [5, 5.41) is 0. The van der Waals surface area contributed by atoms with Gasteiger partial charge in [-0.1, -0.05) is 30.3 Å². The van der Waals surface area contributed by atoms with Crippen molar-refractivity contribution in [1.29, 1.82) is 0 Å². The third-order valence-corrected chi connectivity index (χ3v) is 3.84. The van der Waals surface area contributed by atoms with Crippen LogP contribution in [0.2, 0.25) is 0 Å². The van der Waals surface area contributed by atoms with Crippen molar-refractivity contribution >= 4 is 21.7 Å². The first-order valence-electron chi connectivity index (χ1n) is 6.10. The van der Waals surface area contributed by atoms with Crippen LogP contribution in [0.1, 0.15) is 17.9 Å². The van der Waals surface area contributed by atoms with Gasteiger partial charge in [0, 0.05) is 25.1 Å². The van der Waals surface area contributed by atoms with E-state index in [0.29, 0.717) is 5.92 Å². The molecule has 0 amide bonds. The van der Waals surface area contributed by atoms with Gasteiger partial charge in [-0.2, -0.15) is 0 Å². The summed E-state index contributed by atoms with van der Waals surface area (Å²) >= 11 is 3.39. The maximum Gasteiger partial charge on any atom is 0.133 e. The van der Waals surface area contributed by atoms with Crippen LogP contribution in [0.3, 0.4) is 0 Å². The van der Waals surface area contributed by atoms with Crippen molar-refractivity contribution in [3.8, 4) is 0 Å². The van der Waals surface area contributed by atoms with Gasteiger partial charge in [0.15, 0.2) is 0 Å².